The lowest BCUT2D eigenvalue weighted by Crippen LogP contribution is -2.07. The van der Waals surface area contributed by atoms with Crippen LogP contribution in [0.5, 0.6) is 0 Å². The first-order valence-corrected chi connectivity index (χ1v) is 5.95. The van der Waals surface area contributed by atoms with E-state index in [9.17, 15) is 0 Å². The zero-order valence-corrected chi connectivity index (χ0v) is 10.2. The molecule has 1 N–H and O–H groups in total. The number of aryl methyl sites for hydroxylation is 1. The van der Waals surface area contributed by atoms with Crippen molar-refractivity contribution >= 4 is 0 Å². The smallest absolute Gasteiger partial charge is 0.00519 e. The van der Waals surface area contributed by atoms with E-state index in [0.717, 1.165) is 6.54 Å². The molecule has 1 rings (SSSR count). The lowest BCUT2D eigenvalue weighted by atomic mass is 9.94. The molecule has 0 saturated carbocycles. The minimum absolute atomic E-state index is 0.696. The first-order chi connectivity index (χ1) is 7.24. The maximum Gasteiger partial charge on any atom is -0.00519 e. The summed E-state index contributed by atoms with van der Waals surface area (Å²) in [7, 11) is 2.02. The summed E-state index contributed by atoms with van der Waals surface area (Å²) in [5.74, 6) is 0.696. The van der Waals surface area contributed by atoms with Gasteiger partial charge < -0.3 is 5.32 Å². The highest BCUT2D eigenvalue weighted by molar-refractivity contribution is 5.24. The Morgan fingerprint density at radius 1 is 1.27 bits per heavy atom. The van der Waals surface area contributed by atoms with Crippen LogP contribution in [0.2, 0.25) is 0 Å². The fourth-order valence-corrected chi connectivity index (χ4v) is 1.90. The van der Waals surface area contributed by atoms with E-state index >= 15 is 0 Å². The predicted octanol–water partition coefficient (Wildman–Crippen LogP) is 3.49. The summed E-state index contributed by atoms with van der Waals surface area (Å²) in [5.41, 5.74) is 2.86. The molecule has 1 atom stereocenters. The van der Waals surface area contributed by atoms with Gasteiger partial charge in [-0.3, -0.25) is 0 Å². The van der Waals surface area contributed by atoms with Gasteiger partial charge in [0.1, 0.15) is 0 Å². The number of rotatable bonds is 6. The van der Waals surface area contributed by atoms with Gasteiger partial charge in [-0.25, -0.2) is 0 Å². The summed E-state index contributed by atoms with van der Waals surface area (Å²) >= 11 is 0. The third-order valence-corrected chi connectivity index (χ3v) is 2.93. The van der Waals surface area contributed by atoms with Gasteiger partial charge in [0, 0.05) is 0 Å². The van der Waals surface area contributed by atoms with Gasteiger partial charge in [0.2, 0.25) is 0 Å². The lowest BCUT2D eigenvalue weighted by molar-refractivity contribution is 0.588. The van der Waals surface area contributed by atoms with Crippen LogP contribution in [0.3, 0.4) is 0 Å². The Bertz CT molecular complexity index is 280. The molecule has 1 unspecified atom stereocenters. The third-order valence-electron chi connectivity index (χ3n) is 2.93. The van der Waals surface area contributed by atoms with Crippen molar-refractivity contribution in [3.8, 4) is 0 Å². The Hall–Kier alpha value is -0.820. The molecule has 1 aromatic carbocycles. The Morgan fingerprint density at radius 3 is 2.73 bits per heavy atom. The number of hydrogen-bond acceptors (Lipinski definition) is 1. The van der Waals surface area contributed by atoms with Crippen LogP contribution < -0.4 is 5.32 Å². The summed E-state index contributed by atoms with van der Waals surface area (Å²) in [4.78, 5) is 0. The summed E-state index contributed by atoms with van der Waals surface area (Å²) < 4.78 is 0. The van der Waals surface area contributed by atoms with Gasteiger partial charge in [-0.15, -0.1) is 0 Å². The average molecular weight is 205 g/mol. The molecule has 0 aliphatic carbocycles. The number of hydrogen-bond donors (Lipinski definition) is 1. The fourth-order valence-electron chi connectivity index (χ4n) is 1.90. The minimum atomic E-state index is 0.696. The molecule has 0 amide bonds. The molecule has 0 aliphatic rings. The van der Waals surface area contributed by atoms with Crippen LogP contribution in [0.25, 0.3) is 0 Å². The predicted molar refractivity (Wildman–Crippen MR) is 67.4 cm³/mol. The Labute approximate surface area is 93.9 Å². The van der Waals surface area contributed by atoms with E-state index in [4.69, 9.17) is 0 Å². The van der Waals surface area contributed by atoms with Gasteiger partial charge in [-0.2, -0.15) is 0 Å². The lowest BCUT2D eigenvalue weighted by Gasteiger charge is -2.12. The second kappa shape index (κ2) is 6.62. The van der Waals surface area contributed by atoms with Crippen LogP contribution in [0.4, 0.5) is 0 Å². The molecule has 0 spiro atoms. The third kappa shape index (κ3) is 4.48. The van der Waals surface area contributed by atoms with Gasteiger partial charge in [-0.1, -0.05) is 43.2 Å². The molecule has 0 aromatic heterocycles. The SMILES string of the molecule is CNCCCCC(C)c1cccc(C)c1. The van der Waals surface area contributed by atoms with Gasteiger partial charge in [-0.05, 0) is 44.8 Å². The van der Waals surface area contributed by atoms with Crippen molar-refractivity contribution in [1.82, 2.24) is 5.32 Å². The quantitative estimate of drug-likeness (QED) is 0.701. The molecule has 1 nitrogen and oxygen atoms in total. The molecule has 0 aliphatic heterocycles. The number of benzene rings is 1. The van der Waals surface area contributed by atoms with Crippen LogP contribution in [0.15, 0.2) is 24.3 Å². The molecule has 0 fully saturated rings. The molecule has 1 heteroatoms. The van der Waals surface area contributed by atoms with Crippen molar-refractivity contribution in [2.45, 2.75) is 39.0 Å². The van der Waals surface area contributed by atoms with Crippen molar-refractivity contribution < 1.29 is 0 Å². The first-order valence-electron chi connectivity index (χ1n) is 5.95. The Morgan fingerprint density at radius 2 is 2.07 bits per heavy atom. The summed E-state index contributed by atoms with van der Waals surface area (Å²) in [6, 6.07) is 8.88. The van der Waals surface area contributed by atoms with Crippen molar-refractivity contribution in [3.63, 3.8) is 0 Å². The fraction of sp³-hybridized carbons (Fsp3) is 0.571. The van der Waals surface area contributed by atoms with Gasteiger partial charge in [0.15, 0.2) is 0 Å². The summed E-state index contributed by atoms with van der Waals surface area (Å²) in [5, 5.41) is 3.19. The van der Waals surface area contributed by atoms with Crippen molar-refractivity contribution in [2.75, 3.05) is 13.6 Å². The standard InChI is InChI=1S/C14H23N/c1-12-7-6-9-14(11-12)13(2)8-4-5-10-15-3/h6-7,9,11,13,15H,4-5,8,10H2,1-3H3. The highest BCUT2D eigenvalue weighted by Crippen LogP contribution is 2.21. The minimum Gasteiger partial charge on any atom is -0.320 e. The maximum atomic E-state index is 3.19. The molecule has 0 radical (unpaired) electrons. The van der Waals surface area contributed by atoms with Crippen LogP contribution in [-0.2, 0) is 0 Å². The van der Waals surface area contributed by atoms with E-state index in [0.29, 0.717) is 5.92 Å². The molecule has 1 aromatic rings. The van der Waals surface area contributed by atoms with E-state index in [1.807, 2.05) is 7.05 Å². The summed E-state index contributed by atoms with van der Waals surface area (Å²) in [6.45, 7) is 5.63. The molecule has 84 valence electrons. The second-order valence-corrected chi connectivity index (χ2v) is 4.41. The van der Waals surface area contributed by atoms with E-state index in [-0.39, 0.29) is 0 Å². The van der Waals surface area contributed by atoms with Gasteiger partial charge in [0.05, 0.1) is 0 Å². The topological polar surface area (TPSA) is 12.0 Å². The van der Waals surface area contributed by atoms with Gasteiger partial charge >= 0.3 is 0 Å². The van der Waals surface area contributed by atoms with E-state index in [2.05, 4.69) is 43.4 Å². The van der Waals surface area contributed by atoms with Crippen LogP contribution in [-0.4, -0.2) is 13.6 Å². The second-order valence-electron chi connectivity index (χ2n) is 4.41. The van der Waals surface area contributed by atoms with Crippen molar-refractivity contribution in [3.05, 3.63) is 35.4 Å². The molecule has 15 heavy (non-hydrogen) atoms. The van der Waals surface area contributed by atoms with Crippen LogP contribution in [0, 0.1) is 6.92 Å². The van der Waals surface area contributed by atoms with Crippen LogP contribution in [0.1, 0.15) is 43.2 Å². The number of unbranched alkanes of at least 4 members (excludes halogenated alkanes) is 1. The Kier molecular flexibility index (Phi) is 5.41. The Balaban J connectivity index is 2.36. The summed E-state index contributed by atoms with van der Waals surface area (Å²) in [6.07, 6.45) is 3.90. The van der Waals surface area contributed by atoms with E-state index in [1.54, 1.807) is 0 Å². The van der Waals surface area contributed by atoms with E-state index in [1.165, 1.54) is 30.4 Å². The van der Waals surface area contributed by atoms with Crippen molar-refractivity contribution in [2.24, 2.45) is 0 Å². The van der Waals surface area contributed by atoms with Gasteiger partial charge in [0.25, 0.3) is 0 Å². The monoisotopic (exact) mass is 205 g/mol. The molecule has 0 heterocycles. The zero-order valence-electron chi connectivity index (χ0n) is 10.2. The van der Waals surface area contributed by atoms with E-state index < -0.39 is 0 Å². The average Bonchev–Trinajstić information content (AvgIpc) is 2.24. The van der Waals surface area contributed by atoms with Crippen molar-refractivity contribution in [1.29, 1.82) is 0 Å². The normalized spacial score (nSPS) is 12.7. The largest absolute Gasteiger partial charge is 0.320 e. The van der Waals surface area contributed by atoms with Crippen LogP contribution >= 0.6 is 0 Å². The zero-order chi connectivity index (χ0) is 11.1. The highest BCUT2D eigenvalue weighted by atomic mass is 14.8. The number of nitrogens with one attached hydrogen (secondary N) is 1. The highest BCUT2D eigenvalue weighted by Gasteiger charge is 2.04. The maximum absolute atomic E-state index is 3.19. The first kappa shape index (κ1) is 12.3. The molecular weight excluding hydrogens is 182 g/mol. The molecule has 0 bridgehead atoms. The molecule has 0 saturated heterocycles. The molecular formula is C14H23N.